The summed E-state index contributed by atoms with van der Waals surface area (Å²) < 4.78 is 24.9. The molecule has 0 saturated carbocycles. The van der Waals surface area contributed by atoms with Crippen LogP contribution in [0.4, 0.5) is 0 Å². The number of carbonyl (C=O) groups excluding carboxylic acids is 4. The number of ether oxygens (including phenoxy) is 5. The van der Waals surface area contributed by atoms with E-state index in [1.165, 1.54) is 26.2 Å². The molecule has 0 amide bonds. The number of aromatic nitrogens is 1. The van der Waals surface area contributed by atoms with Gasteiger partial charge in [0, 0.05) is 17.4 Å². The van der Waals surface area contributed by atoms with Crippen molar-refractivity contribution in [2.24, 2.45) is 0 Å². The van der Waals surface area contributed by atoms with E-state index in [0.717, 1.165) is 31.2 Å². The largest absolute Gasteiger partial charge is 0.497 e. The highest BCUT2D eigenvalue weighted by Crippen LogP contribution is 2.45. The van der Waals surface area contributed by atoms with Gasteiger partial charge in [-0.25, -0.2) is 14.4 Å². The average molecular weight is 474 g/mol. The normalized spacial score (nSPS) is 17.6. The maximum atomic E-state index is 13.5. The number of esters is 4. The van der Waals surface area contributed by atoms with Crippen molar-refractivity contribution in [2.45, 2.75) is 18.4 Å². The van der Waals surface area contributed by atoms with Crippen LogP contribution in [0.15, 0.2) is 30.0 Å². The minimum Gasteiger partial charge on any atom is -0.497 e. The van der Waals surface area contributed by atoms with Gasteiger partial charge in [0.1, 0.15) is 11.4 Å². The van der Waals surface area contributed by atoms with E-state index < -0.39 is 35.8 Å². The smallest absolute Gasteiger partial charge is 0.354 e. The van der Waals surface area contributed by atoms with Crippen molar-refractivity contribution in [3.05, 3.63) is 41.2 Å². The van der Waals surface area contributed by atoms with E-state index in [0.29, 0.717) is 23.4 Å². The molecule has 0 bridgehead atoms. The monoisotopic (exact) mass is 474 g/mol. The van der Waals surface area contributed by atoms with Gasteiger partial charge in [0.05, 0.1) is 53.7 Å². The van der Waals surface area contributed by atoms with E-state index >= 15 is 0 Å². The van der Waals surface area contributed by atoms with Crippen molar-refractivity contribution < 1.29 is 42.9 Å². The number of nitrogens with zero attached hydrogens (tertiary/aromatic N) is 1. The van der Waals surface area contributed by atoms with Gasteiger partial charge in [0.2, 0.25) is 0 Å². The number of carbonyl (C=O) groups is 4. The van der Waals surface area contributed by atoms with Crippen LogP contribution in [0.5, 0.6) is 5.75 Å². The number of nitrogens with one attached hydrogen (secondary N) is 1. The van der Waals surface area contributed by atoms with Crippen molar-refractivity contribution in [1.29, 1.82) is 0 Å². The number of benzene rings is 1. The molecule has 0 fully saturated rings. The van der Waals surface area contributed by atoms with Crippen molar-refractivity contribution in [3.63, 3.8) is 0 Å². The highest BCUT2D eigenvalue weighted by atomic mass is 16.5. The second kappa shape index (κ2) is 9.86. The summed E-state index contributed by atoms with van der Waals surface area (Å²) in [5, 5.41) is 0.781. The van der Waals surface area contributed by atoms with E-state index in [9.17, 15) is 19.2 Å². The third kappa shape index (κ3) is 4.04. The molecule has 2 heterocycles. The fourth-order valence-electron chi connectivity index (χ4n) is 4.28. The fraction of sp³-hybridized carbons (Fsp3) is 0.391. The minimum atomic E-state index is -1.87. The van der Waals surface area contributed by atoms with Gasteiger partial charge < -0.3 is 33.6 Å². The summed E-state index contributed by atoms with van der Waals surface area (Å²) >= 11 is 0. The Kier molecular flexibility index (Phi) is 7.14. The molecule has 1 aliphatic heterocycles. The Labute approximate surface area is 195 Å². The van der Waals surface area contributed by atoms with Crippen LogP contribution in [0.3, 0.4) is 0 Å². The molecule has 1 aromatic heterocycles. The summed E-state index contributed by atoms with van der Waals surface area (Å²) in [6, 6.07) is 5.34. The molecule has 0 aliphatic carbocycles. The Bertz CT molecular complexity index is 1170. The van der Waals surface area contributed by atoms with Crippen molar-refractivity contribution in [3.8, 4) is 5.75 Å². The molecule has 0 spiro atoms. The summed E-state index contributed by atoms with van der Waals surface area (Å²) in [5.41, 5.74) is -0.385. The van der Waals surface area contributed by atoms with E-state index in [4.69, 9.17) is 18.9 Å². The Morgan fingerprint density at radius 1 is 1.03 bits per heavy atom. The number of hydrogen-bond acceptors (Lipinski definition) is 10. The van der Waals surface area contributed by atoms with Gasteiger partial charge >= 0.3 is 23.9 Å². The number of aromatic amines is 1. The summed E-state index contributed by atoms with van der Waals surface area (Å²) in [6.45, 7) is 0.0706. The Balaban J connectivity index is 2.38. The molecule has 1 unspecified atom stereocenters. The highest BCUT2D eigenvalue weighted by Gasteiger charge is 2.55. The van der Waals surface area contributed by atoms with Crippen molar-refractivity contribution in [1.82, 2.24) is 9.88 Å². The quantitative estimate of drug-likeness (QED) is 0.354. The maximum absolute atomic E-state index is 13.5. The zero-order chi connectivity index (χ0) is 25.0. The second-order valence-electron chi connectivity index (χ2n) is 7.44. The van der Waals surface area contributed by atoms with E-state index in [-0.39, 0.29) is 12.2 Å². The molecule has 1 aliphatic rings. The highest BCUT2D eigenvalue weighted by molar-refractivity contribution is 5.99. The van der Waals surface area contributed by atoms with Crippen molar-refractivity contribution >= 4 is 34.8 Å². The third-order valence-electron chi connectivity index (χ3n) is 5.87. The topological polar surface area (TPSA) is 133 Å². The molecule has 1 aromatic carbocycles. The van der Waals surface area contributed by atoms with Gasteiger partial charge in [0.15, 0.2) is 5.54 Å². The van der Waals surface area contributed by atoms with Gasteiger partial charge in [-0.15, -0.1) is 0 Å². The van der Waals surface area contributed by atoms with Gasteiger partial charge in [-0.1, -0.05) is 0 Å². The molecule has 0 radical (unpaired) electrons. The van der Waals surface area contributed by atoms with Gasteiger partial charge in [-0.2, -0.15) is 0 Å². The van der Waals surface area contributed by atoms with Crippen LogP contribution in [0.2, 0.25) is 0 Å². The molecule has 34 heavy (non-hydrogen) atoms. The molecule has 0 saturated heterocycles. The van der Waals surface area contributed by atoms with Crippen LogP contribution in [0, 0.1) is 0 Å². The number of rotatable bonds is 7. The number of methoxy groups -OCH3 is 5. The Morgan fingerprint density at radius 2 is 1.76 bits per heavy atom. The van der Waals surface area contributed by atoms with Crippen LogP contribution in [0.1, 0.15) is 17.7 Å². The molecule has 1 N–H and O–H groups in total. The molecule has 11 heteroatoms. The molecule has 3 rings (SSSR count). The standard InChI is InChI=1S/C23H26N2O9/c1-30-13-6-7-16-15(10-13)14-8-9-25(17(21(28)33-4)11-18(26)31-2)23(20(14)24-16,22(29)34-5)12-19(27)32-3/h6-7,10-11,24H,8-9,12H2,1-5H3/b17-11+. The van der Waals surface area contributed by atoms with E-state index in [1.807, 2.05) is 6.07 Å². The summed E-state index contributed by atoms with van der Waals surface area (Å²) in [7, 11) is 6.18. The molecule has 1 atom stereocenters. The summed E-state index contributed by atoms with van der Waals surface area (Å²) in [6.07, 6.45) is 0.762. The van der Waals surface area contributed by atoms with Crippen LogP contribution < -0.4 is 4.74 Å². The van der Waals surface area contributed by atoms with Crippen LogP contribution in [0.25, 0.3) is 10.9 Å². The number of H-pyrrole nitrogens is 1. The van der Waals surface area contributed by atoms with Gasteiger partial charge in [0.25, 0.3) is 0 Å². The molecule has 182 valence electrons. The van der Waals surface area contributed by atoms with Gasteiger partial charge in [-0.05, 0) is 30.2 Å². The lowest BCUT2D eigenvalue weighted by molar-refractivity contribution is -0.164. The first-order valence-corrected chi connectivity index (χ1v) is 10.3. The predicted molar refractivity (Wildman–Crippen MR) is 118 cm³/mol. The minimum absolute atomic E-state index is 0.0706. The molecular weight excluding hydrogens is 448 g/mol. The van der Waals surface area contributed by atoms with Gasteiger partial charge in [-0.3, -0.25) is 4.79 Å². The Hall–Kier alpha value is -4.02. The molecular formula is C23H26N2O9. The van der Waals surface area contributed by atoms with Crippen LogP contribution in [-0.4, -0.2) is 75.9 Å². The maximum Gasteiger partial charge on any atom is 0.354 e. The molecule has 2 aromatic rings. The predicted octanol–water partition coefficient (Wildman–Crippen LogP) is 1.20. The Morgan fingerprint density at radius 3 is 2.35 bits per heavy atom. The zero-order valence-corrected chi connectivity index (χ0v) is 19.6. The van der Waals surface area contributed by atoms with E-state index in [2.05, 4.69) is 9.72 Å². The lowest BCUT2D eigenvalue weighted by Gasteiger charge is -2.45. The van der Waals surface area contributed by atoms with Crippen LogP contribution in [-0.2, 0) is 50.1 Å². The first-order valence-electron chi connectivity index (χ1n) is 10.3. The average Bonchev–Trinajstić information content (AvgIpc) is 3.24. The lowest BCUT2D eigenvalue weighted by Crippen LogP contribution is -2.58. The van der Waals surface area contributed by atoms with Crippen LogP contribution >= 0.6 is 0 Å². The second-order valence-corrected chi connectivity index (χ2v) is 7.44. The number of hydrogen-bond donors (Lipinski definition) is 1. The molecule has 11 nitrogen and oxygen atoms in total. The first kappa shape index (κ1) is 24.6. The SMILES string of the molecule is COC(=O)/C=C(\C(=O)OC)N1CCc2c([nH]c3ccc(OC)cc23)C1(CC(=O)OC)C(=O)OC. The fourth-order valence-corrected chi connectivity index (χ4v) is 4.28. The zero-order valence-electron chi connectivity index (χ0n) is 19.6. The summed E-state index contributed by atoms with van der Waals surface area (Å²) in [4.78, 5) is 55.5. The lowest BCUT2D eigenvalue weighted by atomic mass is 9.81. The number of fused-ring (bicyclic) bond motifs is 3. The first-order chi connectivity index (χ1) is 16.3. The summed E-state index contributed by atoms with van der Waals surface area (Å²) in [5.74, 6) is -2.71. The third-order valence-corrected chi connectivity index (χ3v) is 5.87. The van der Waals surface area contributed by atoms with E-state index in [1.54, 1.807) is 12.1 Å². The van der Waals surface area contributed by atoms with Crippen molar-refractivity contribution in [2.75, 3.05) is 42.1 Å².